The fourth-order valence-electron chi connectivity index (χ4n) is 2.14. The van der Waals surface area contributed by atoms with Crippen LogP contribution in [0.25, 0.3) is 0 Å². The van der Waals surface area contributed by atoms with Crippen LogP contribution < -0.4 is 0 Å². The van der Waals surface area contributed by atoms with E-state index in [9.17, 15) is 24.3 Å². The summed E-state index contributed by atoms with van der Waals surface area (Å²) in [6.45, 7) is 3.19. The van der Waals surface area contributed by atoms with Crippen LogP contribution in [0.1, 0.15) is 20.8 Å². The fourth-order valence-corrected chi connectivity index (χ4v) is 2.14. The van der Waals surface area contributed by atoms with Crippen LogP contribution in [0.3, 0.4) is 0 Å². The largest absolute Gasteiger partial charge is 0.479 e. The summed E-state index contributed by atoms with van der Waals surface area (Å²) in [5.41, 5.74) is 0. The molecule has 1 rings (SSSR count). The van der Waals surface area contributed by atoms with E-state index in [0.717, 1.165) is 20.8 Å². The van der Waals surface area contributed by atoms with Crippen molar-refractivity contribution >= 4 is 23.9 Å². The summed E-state index contributed by atoms with van der Waals surface area (Å²) in [4.78, 5) is 45.1. The highest BCUT2D eigenvalue weighted by atomic mass is 16.7. The molecule has 0 aromatic heterocycles. The van der Waals surface area contributed by atoms with Crippen molar-refractivity contribution in [1.82, 2.24) is 0 Å². The van der Waals surface area contributed by atoms with Gasteiger partial charge in [-0.05, 0) is 0 Å². The second-order valence-corrected chi connectivity index (χ2v) is 4.70. The number of carboxylic acids is 1. The summed E-state index contributed by atoms with van der Waals surface area (Å²) >= 11 is 0. The van der Waals surface area contributed by atoms with Crippen LogP contribution in [0.15, 0.2) is 0 Å². The lowest BCUT2D eigenvalue weighted by atomic mass is 9.94. The smallest absolute Gasteiger partial charge is 0.336 e. The van der Waals surface area contributed by atoms with E-state index in [-0.39, 0.29) is 0 Å². The number of hydrogen-bond donors (Lipinski definition) is 1. The first-order valence-corrected chi connectivity index (χ1v) is 6.53. The van der Waals surface area contributed by atoms with Crippen molar-refractivity contribution in [2.24, 2.45) is 0 Å². The van der Waals surface area contributed by atoms with Crippen molar-refractivity contribution < 1.29 is 43.2 Å². The van der Waals surface area contributed by atoms with Gasteiger partial charge in [0.15, 0.2) is 30.5 Å². The Bertz CT molecular complexity index is 547. The quantitative estimate of drug-likeness (QED) is 0.403. The number of carbonyl (C=O) groups is 4. The van der Waals surface area contributed by atoms with Crippen molar-refractivity contribution in [2.45, 2.75) is 51.3 Å². The van der Waals surface area contributed by atoms with Gasteiger partial charge in [0.1, 0.15) is 0 Å². The molecule has 1 heterocycles. The van der Waals surface area contributed by atoms with E-state index in [1.807, 2.05) is 0 Å². The SMILES string of the molecule is C#C[C@@H]1O[C@H](C(=O)O)[C@@H](OC(C)=O)[C@H](OC(C)=O)[C@H]1OC(C)=O. The standard InChI is InChI=1S/C14H16O9/c1-5-9-10(20-6(2)15)11(21-7(3)16)12(22-8(4)17)13(23-9)14(18)19/h1,9-13H,2-4H3,(H,18,19)/t9-,10-,11+,12-,13-/m0/s1. The predicted molar refractivity (Wildman–Crippen MR) is 71.8 cm³/mol. The molecule has 1 N–H and O–H groups in total. The van der Waals surface area contributed by atoms with Gasteiger partial charge in [-0.25, -0.2) is 4.79 Å². The highest BCUT2D eigenvalue weighted by Crippen LogP contribution is 2.28. The van der Waals surface area contributed by atoms with Gasteiger partial charge in [0.05, 0.1) is 0 Å². The first-order valence-electron chi connectivity index (χ1n) is 6.53. The van der Waals surface area contributed by atoms with Crippen LogP contribution in [0, 0.1) is 12.3 Å². The van der Waals surface area contributed by atoms with Crippen molar-refractivity contribution in [3.8, 4) is 12.3 Å². The zero-order valence-electron chi connectivity index (χ0n) is 12.7. The van der Waals surface area contributed by atoms with E-state index in [0.29, 0.717) is 0 Å². The van der Waals surface area contributed by atoms with E-state index >= 15 is 0 Å². The average molecular weight is 328 g/mol. The first kappa shape index (κ1) is 18.4. The van der Waals surface area contributed by atoms with Crippen molar-refractivity contribution in [1.29, 1.82) is 0 Å². The predicted octanol–water partition coefficient (Wildman–Crippen LogP) is -0.733. The zero-order chi connectivity index (χ0) is 17.7. The topological polar surface area (TPSA) is 125 Å². The van der Waals surface area contributed by atoms with Crippen molar-refractivity contribution in [2.75, 3.05) is 0 Å². The second kappa shape index (κ2) is 7.60. The maximum Gasteiger partial charge on any atom is 0.336 e. The van der Waals surface area contributed by atoms with Gasteiger partial charge in [-0.3, -0.25) is 14.4 Å². The molecular formula is C14H16O9. The molecule has 0 spiro atoms. The third kappa shape index (κ3) is 4.69. The lowest BCUT2D eigenvalue weighted by Gasteiger charge is -2.41. The van der Waals surface area contributed by atoms with Gasteiger partial charge in [-0.2, -0.15) is 0 Å². The molecule has 0 aromatic carbocycles. The fraction of sp³-hybridized carbons (Fsp3) is 0.571. The number of terminal acetylenes is 1. The van der Waals surface area contributed by atoms with E-state index in [1.165, 1.54) is 0 Å². The lowest BCUT2D eigenvalue weighted by molar-refractivity contribution is -0.239. The number of carboxylic acid groups (broad SMARTS) is 1. The number of hydrogen-bond acceptors (Lipinski definition) is 8. The highest BCUT2D eigenvalue weighted by molar-refractivity contribution is 5.75. The van der Waals surface area contributed by atoms with Gasteiger partial charge >= 0.3 is 23.9 Å². The Morgan fingerprint density at radius 3 is 1.74 bits per heavy atom. The van der Waals surface area contributed by atoms with Crippen LogP contribution in [-0.4, -0.2) is 59.5 Å². The number of esters is 3. The number of rotatable bonds is 4. The van der Waals surface area contributed by atoms with Gasteiger partial charge in [0.2, 0.25) is 0 Å². The molecule has 23 heavy (non-hydrogen) atoms. The third-order valence-electron chi connectivity index (χ3n) is 2.85. The zero-order valence-corrected chi connectivity index (χ0v) is 12.7. The molecule has 5 atom stereocenters. The molecule has 9 nitrogen and oxygen atoms in total. The molecule has 1 fully saturated rings. The van der Waals surface area contributed by atoms with Crippen LogP contribution in [-0.2, 0) is 38.1 Å². The Hall–Kier alpha value is -2.60. The summed E-state index contributed by atoms with van der Waals surface area (Å²) < 4.78 is 20.0. The number of aliphatic carboxylic acids is 1. The average Bonchev–Trinajstić information content (AvgIpc) is 2.40. The Kier molecular flexibility index (Phi) is 6.10. The Morgan fingerprint density at radius 2 is 1.35 bits per heavy atom. The van der Waals surface area contributed by atoms with E-state index in [4.69, 9.17) is 25.4 Å². The molecule has 1 aliphatic heterocycles. The molecule has 0 aliphatic carbocycles. The van der Waals surface area contributed by atoms with Crippen molar-refractivity contribution in [3.63, 3.8) is 0 Å². The van der Waals surface area contributed by atoms with E-state index in [2.05, 4.69) is 5.92 Å². The maximum absolute atomic E-state index is 11.3. The van der Waals surface area contributed by atoms with Gasteiger partial charge in [0, 0.05) is 20.8 Å². The Balaban J connectivity index is 3.28. The number of ether oxygens (including phenoxy) is 4. The minimum Gasteiger partial charge on any atom is -0.479 e. The molecule has 126 valence electrons. The van der Waals surface area contributed by atoms with Crippen LogP contribution in [0.4, 0.5) is 0 Å². The van der Waals surface area contributed by atoms with Gasteiger partial charge < -0.3 is 24.1 Å². The van der Waals surface area contributed by atoms with Crippen molar-refractivity contribution in [3.05, 3.63) is 0 Å². The van der Waals surface area contributed by atoms with Crippen LogP contribution in [0.5, 0.6) is 0 Å². The summed E-state index contributed by atoms with van der Waals surface area (Å²) in [6.07, 6.45) is -1.98. The maximum atomic E-state index is 11.3. The minimum absolute atomic E-state index is 0.758. The Labute approximate surface area is 131 Å². The Morgan fingerprint density at radius 1 is 0.913 bits per heavy atom. The summed E-state index contributed by atoms with van der Waals surface area (Å²) in [7, 11) is 0. The molecule has 0 unspecified atom stereocenters. The van der Waals surface area contributed by atoms with Crippen LogP contribution >= 0.6 is 0 Å². The molecule has 0 saturated carbocycles. The van der Waals surface area contributed by atoms with Gasteiger partial charge in [-0.1, -0.05) is 5.92 Å². The normalized spacial score (nSPS) is 29.7. The second-order valence-electron chi connectivity index (χ2n) is 4.70. The highest BCUT2D eigenvalue weighted by Gasteiger charge is 2.53. The van der Waals surface area contributed by atoms with E-state index in [1.54, 1.807) is 0 Å². The number of carbonyl (C=O) groups excluding carboxylic acids is 3. The molecule has 0 amide bonds. The molecule has 0 aromatic rings. The molecule has 1 saturated heterocycles. The van der Waals surface area contributed by atoms with Crippen LogP contribution in [0.2, 0.25) is 0 Å². The monoisotopic (exact) mass is 328 g/mol. The molecule has 1 aliphatic rings. The van der Waals surface area contributed by atoms with Gasteiger partial charge in [-0.15, -0.1) is 6.42 Å². The lowest BCUT2D eigenvalue weighted by Crippen LogP contribution is -2.62. The molecule has 0 bridgehead atoms. The molecular weight excluding hydrogens is 312 g/mol. The summed E-state index contributed by atoms with van der Waals surface area (Å²) in [6, 6.07) is 0. The summed E-state index contributed by atoms with van der Waals surface area (Å²) in [5, 5.41) is 9.22. The molecule has 0 radical (unpaired) electrons. The summed E-state index contributed by atoms with van der Waals surface area (Å²) in [5.74, 6) is -1.74. The third-order valence-corrected chi connectivity index (χ3v) is 2.85. The first-order chi connectivity index (χ1) is 10.7. The van der Waals surface area contributed by atoms with Gasteiger partial charge in [0.25, 0.3) is 0 Å². The van der Waals surface area contributed by atoms with E-state index < -0.39 is 54.4 Å². The minimum atomic E-state index is -1.68. The molecule has 9 heteroatoms.